The van der Waals surface area contributed by atoms with E-state index < -0.39 is 0 Å². The fraction of sp³-hybridized carbons (Fsp3) is 0.263. The molecule has 0 aliphatic carbocycles. The van der Waals surface area contributed by atoms with Crippen molar-refractivity contribution >= 4 is 28.8 Å². The zero-order valence-electron chi connectivity index (χ0n) is 14.1. The first kappa shape index (κ1) is 17.5. The third kappa shape index (κ3) is 4.20. The van der Waals surface area contributed by atoms with Crippen LogP contribution >= 0.6 is 11.8 Å². The van der Waals surface area contributed by atoms with Crippen LogP contribution in [0.2, 0.25) is 0 Å². The molecule has 1 aromatic heterocycles. The Kier molecular flexibility index (Phi) is 5.38. The molecule has 0 aliphatic heterocycles. The minimum atomic E-state index is -0.288. The van der Waals surface area contributed by atoms with Crippen molar-refractivity contribution in [3.63, 3.8) is 0 Å². The third-order valence-electron chi connectivity index (χ3n) is 3.59. The Balaban J connectivity index is 1.89. The van der Waals surface area contributed by atoms with E-state index in [1.807, 2.05) is 48.7 Å². The van der Waals surface area contributed by atoms with Crippen molar-refractivity contribution in [2.75, 3.05) is 5.75 Å². The topological polar surface area (TPSA) is 44.1 Å². The zero-order valence-corrected chi connectivity index (χ0v) is 14.9. The van der Waals surface area contributed by atoms with Gasteiger partial charge in [-0.15, -0.1) is 0 Å². The van der Waals surface area contributed by atoms with Gasteiger partial charge in [-0.3, -0.25) is 4.79 Å². The highest BCUT2D eigenvalue weighted by Crippen LogP contribution is 2.26. The SMILES string of the molecule is CC(C)OC(=O)CSc1nc2ccccc2n1Cc1ccccc1F. The summed E-state index contributed by atoms with van der Waals surface area (Å²) in [6, 6.07) is 14.4. The molecule has 3 rings (SSSR count). The average Bonchev–Trinajstić information content (AvgIpc) is 2.92. The highest BCUT2D eigenvalue weighted by molar-refractivity contribution is 7.99. The molecule has 0 aliphatic rings. The van der Waals surface area contributed by atoms with Crippen molar-refractivity contribution in [1.82, 2.24) is 9.55 Å². The lowest BCUT2D eigenvalue weighted by Crippen LogP contribution is -2.14. The maximum Gasteiger partial charge on any atom is 0.316 e. The van der Waals surface area contributed by atoms with E-state index in [-0.39, 0.29) is 23.6 Å². The minimum Gasteiger partial charge on any atom is -0.462 e. The van der Waals surface area contributed by atoms with Gasteiger partial charge in [-0.05, 0) is 32.0 Å². The smallest absolute Gasteiger partial charge is 0.316 e. The first-order valence-electron chi connectivity index (χ1n) is 8.05. The van der Waals surface area contributed by atoms with Gasteiger partial charge in [-0.2, -0.15) is 0 Å². The van der Waals surface area contributed by atoms with Crippen molar-refractivity contribution in [3.05, 3.63) is 59.9 Å². The van der Waals surface area contributed by atoms with Crippen LogP contribution in [0.5, 0.6) is 0 Å². The van der Waals surface area contributed by atoms with Crippen molar-refractivity contribution in [2.24, 2.45) is 0 Å². The summed E-state index contributed by atoms with van der Waals surface area (Å²) in [5.74, 6) is -0.376. The predicted octanol–water partition coefficient (Wildman–Crippen LogP) is 4.27. The molecule has 0 saturated heterocycles. The van der Waals surface area contributed by atoms with Crippen LogP contribution in [0, 0.1) is 5.82 Å². The quantitative estimate of drug-likeness (QED) is 0.488. The molecule has 0 bridgehead atoms. The first-order chi connectivity index (χ1) is 12.0. The lowest BCUT2D eigenvalue weighted by Gasteiger charge is -2.10. The maximum atomic E-state index is 14.1. The van der Waals surface area contributed by atoms with Crippen LogP contribution in [0.4, 0.5) is 4.39 Å². The summed E-state index contributed by atoms with van der Waals surface area (Å²) >= 11 is 1.30. The van der Waals surface area contributed by atoms with E-state index in [4.69, 9.17) is 4.74 Å². The minimum absolute atomic E-state index is 0.148. The third-order valence-corrected chi connectivity index (χ3v) is 4.54. The molecule has 2 aromatic carbocycles. The Bertz CT molecular complexity index is 892. The molecule has 3 aromatic rings. The summed E-state index contributed by atoms with van der Waals surface area (Å²) in [6.45, 7) is 3.99. The molecule has 130 valence electrons. The Hall–Kier alpha value is -2.34. The molecule has 0 N–H and O–H groups in total. The maximum absolute atomic E-state index is 14.1. The van der Waals surface area contributed by atoms with Gasteiger partial charge in [0, 0.05) is 5.56 Å². The van der Waals surface area contributed by atoms with E-state index in [1.54, 1.807) is 12.1 Å². The lowest BCUT2D eigenvalue weighted by atomic mass is 10.2. The Morgan fingerprint density at radius 1 is 1.20 bits per heavy atom. The summed E-state index contributed by atoms with van der Waals surface area (Å²) in [5, 5.41) is 0.671. The molecule has 0 radical (unpaired) electrons. The van der Waals surface area contributed by atoms with Crippen LogP contribution in [-0.2, 0) is 16.1 Å². The lowest BCUT2D eigenvalue weighted by molar-refractivity contribution is -0.144. The standard InChI is InChI=1S/C19H19FN2O2S/c1-13(2)24-18(23)12-25-19-21-16-9-5-6-10-17(16)22(19)11-14-7-3-4-8-15(14)20/h3-10,13H,11-12H2,1-2H3. The van der Waals surface area contributed by atoms with E-state index in [9.17, 15) is 9.18 Å². The summed E-state index contributed by atoms with van der Waals surface area (Å²) < 4.78 is 21.2. The van der Waals surface area contributed by atoms with Crippen LogP contribution < -0.4 is 0 Å². The molecular weight excluding hydrogens is 339 g/mol. The normalized spacial score (nSPS) is 11.2. The van der Waals surface area contributed by atoms with E-state index in [2.05, 4.69) is 4.98 Å². The predicted molar refractivity (Wildman–Crippen MR) is 97.2 cm³/mol. The zero-order chi connectivity index (χ0) is 17.8. The molecule has 0 unspecified atom stereocenters. The highest BCUT2D eigenvalue weighted by Gasteiger charge is 2.15. The number of halogens is 1. The second-order valence-electron chi connectivity index (χ2n) is 5.89. The summed E-state index contributed by atoms with van der Waals surface area (Å²) in [7, 11) is 0. The van der Waals surface area contributed by atoms with Crippen LogP contribution in [0.25, 0.3) is 11.0 Å². The largest absolute Gasteiger partial charge is 0.462 e. The number of thioether (sulfide) groups is 1. The summed E-state index contributed by atoms with van der Waals surface area (Å²) in [5.41, 5.74) is 2.31. The van der Waals surface area contributed by atoms with E-state index in [0.717, 1.165) is 11.0 Å². The van der Waals surface area contributed by atoms with Crippen molar-refractivity contribution < 1.29 is 13.9 Å². The molecule has 1 heterocycles. The van der Waals surface area contributed by atoms with Crippen LogP contribution in [0.3, 0.4) is 0 Å². The number of nitrogens with zero attached hydrogens (tertiary/aromatic N) is 2. The van der Waals surface area contributed by atoms with Crippen LogP contribution in [0.15, 0.2) is 53.7 Å². The number of hydrogen-bond donors (Lipinski definition) is 0. The van der Waals surface area contributed by atoms with Gasteiger partial charge in [0.25, 0.3) is 0 Å². The van der Waals surface area contributed by atoms with Crippen molar-refractivity contribution in [1.29, 1.82) is 0 Å². The molecule has 4 nitrogen and oxygen atoms in total. The summed E-state index contributed by atoms with van der Waals surface area (Å²) in [4.78, 5) is 16.4. The molecule has 25 heavy (non-hydrogen) atoms. The number of hydrogen-bond acceptors (Lipinski definition) is 4. The molecule has 0 fully saturated rings. The number of ether oxygens (including phenoxy) is 1. The molecular formula is C19H19FN2O2S. The number of carbonyl (C=O) groups is 1. The van der Waals surface area contributed by atoms with Gasteiger partial charge in [-0.1, -0.05) is 42.1 Å². The van der Waals surface area contributed by atoms with Crippen LogP contribution in [0.1, 0.15) is 19.4 Å². The number of imidazole rings is 1. The van der Waals surface area contributed by atoms with Crippen LogP contribution in [-0.4, -0.2) is 27.4 Å². The van der Waals surface area contributed by atoms with Gasteiger partial charge in [0.2, 0.25) is 0 Å². The Morgan fingerprint density at radius 2 is 1.92 bits per heavy atom. The van der Waals surface area contributed by atoms with E-state index in [0.29, 0.717) is 17.3 Å². The number of para-hydroxylation sites is 2. The number of esters is 1. The number of benzene rings is 2. The molecule has 0 amide bonds. The van der Waals surface area contributed by atoms with Crippen molar-refractivity contribution in [2.45, 2.75) is 31.7 Å². The number of rotatable bonds is 6. The average molecular weight is 358 g/mol. The fourth-order valence-electron chi connectivity index (χ4n) is 2.53. The monoisotopic (exact) mass is 358 g/mol. The van der Waals surface area contributed by atoms with Gasteiger partial charge in [-0.25, -0.2) is 9.37 Å². The van der Waals surface area contributed by atoms with E-state index in [1.165, 1.54) is 17.8 Å². The van der Waals surface area contributed by atoms with Gasteiger partial charge < -0.3 is 9.30 Å². The number of fused-ring (bicyclic) bond motifs is 1. The van der Waals surface area contributed by atoms with Crippen molar-refractivity contribution in [3.8, 4) is 0 Å². The molecule has 6 heteroatoms. The molecule has 0 saturated carbocycles. The van der Waals surface area contributed by atoms with Gasteiger partial charge >= 0.3 is 5.97 Å². The highest BCUT2D eigenvalue weighted by atomic mass is 32.2. The van der Waals surface area contributed by atoms with E-state index >= 15 is 0 Å². The molecule has 0 atom stereocenters. The summed E-state index contributed by atoms with van der Waals surface area (Å²) in [6.07, 6.45) is -0.148. The van der Waals surface area contributed by atoms with Gasteiger partial charge in [0.15, 0.2) is 5.16 Å². The first-order valence-corrected chi connectivity index (χ1v) is 9.04. The number of aromatic nitrogens is 2. The van der Waals surface area contributed by atoms with Gasteiger partial charge in [0.1, 0.15) is 5.82 Å². The Labute approximate surface area is 150 Å². The second-order valence-corrected chi connectivity index (χ2v) is 6.83. The Morgan fingerprint density at radius 3 is 2.68 bits per heavy atom. The second kappa shape index (κ2) is 7.70. The number of carbonyl (C=O) groups excluding carboxylic acids is 1. The molecule has 0 spiro atoms. The van der Waals surface area contributed by atoms with Gasteiger partial charge in [0.05, 0.1) is 29.4 Å². The fourth-order valence-corrected chi connectivity index (χ4v) is 3.33.